The first-order valence-electron chi connectivity index (χ1n) is 6.65. The molecule has 1 amide bonds. The molecule has 0 aromatic heterocycles. The van der Waals surface area contributed by atoms with E-state index in [4.69, 9.17) is 16.3 Å². The van der Waals surface area contributed by atoms with Gasteiger partial charge in [-0.25, -0.2) is 0 Å². The quantitative estimate of drug-likeness (QED) is 0.786. The van der Waals surface area contributed by atoms with Gasteiger partial charge in [-0.15, -0.1) is 0 Å². The third kappa shape index (κ3) is 3.10. The summed E-state index contributed by atoms with van der Waals surface area (Å²) in [6.45, 7) is 6.13. The van der Waals surface area contributed by atoms with Crippen molar-refractivity contribution in [3.63, 3.8) is 0 Å². The van der Waals surface area contributed by atoms with Crippen LogP contribution in [0.3, 0.4) is 0 Å². The number of amides is 1. The van der Waals surface area contributed by atoms with Crippen molar-refractivity contribution in [3.05, 3.63) is 35.0 Å². The lowest BCUT2D eigenvalue weighted by molar-refractivity contribution is -0.124. The minimum absolute atomic E-state index is 0.120. The van der Waals surface area contributed by atoms with Gasteiger partial charge in [0.25, 0.3) is 0 Å². The van der Waals surface area contributed by atoms with E-state index in [1.165, 1.54) is 17.2 Å². The normalized spacial score (nSPS) is 15.6. The molecule has 0 spiro atoms. The van der Waals surface area contributed by atoms with Gasteiger partial charge in [-0.05, 0) is 23.6 Å². The number of carbonyl (C=O) groups excluding carboxylic acids is 2. The third-order valence-electron chi connectivity index (χ3n) is 3.32. The molecule has 1 aliphatic heterocycles. The summed E-state index contributed by atoms with van der Waals surface area (Å²) in [7, 11) is 1.57. The Labute approximate surface area is 129 Å². The Morgan fingerprint density at radius 3 is 2.43 bits per heavy atom. The van der Waals surface area contributed by atoms with Crippen molar-refractivity contribution in [1.82, 2.24) is 0 Å². The second kappa shape index (κ2) is 5.53. The monoisotopic (exact) mass is 307 g/mol. The second-order valence-electron chi connectivity index (χ2n) is 5.98. The molecule has 0 atom stereocenters. The van der Waals surface area contributed by atoms with Gasteiger partial charge in [0.05, 0.1) is 24.2 Å². The van der Waals surface area contributed by atoms with Crippen molar-refractivity contribution in [3.8, 4) is 5.75 Å². The summed E-state index contributed by atoms with van der Waals surface area (Å²) >= 11 is 6.28. The lowest BCUT2D eigenvalue weighted by atomic mass is 9.86. The van der Waals surface area contributed by atoms with Gasteiger partial charge in [-0.2, -0.15) is 0 Å². The highest BCUT2D eigenvalue weighted by atomic mass is 35.5. The summed E-state index contributed by atoms with van der Waals surface area (Å²) in [5.41, 5.74) is 1.36. The molecule has 0 bridgehead atoms. The molecule has 21 heavy (non-hydrogen) atoms. The fourth-order valence-electron chi connectivity index (χ4n) is 2.25. The van der Waals surface area contributed by atoms with Gasteiger partial charge >= 0.3 is 0 Å². The predicted molar refractivity (Wildman–Crippen MR) is 83.0 cm³/mol. The average Bonchev–Trinajstić information content (AvgIpc) is 2.36. The first-order valence-corrected chi connectivity index (χ1v) is 7.03. The summed E-state index contributed by atoms with van der Waals surface area (Å²) in [5, 5.41) is 0.443. The number of allylic oxidation sites excluding steroid dienone is 1. The Morgan fingerprint density at radius 1 is 1.24 bits per heavy atom. The zero-order valence-electron chi connectivity index (χ0n) is 12.6. The number of ether oxygens (including phenoxy) is 1. The summed E-state index contributed by atoms with van der Waals surface area (Å²) < 4.78 is 5.38. The topological polar surface area (TPSA) is 46.6 Å². The van der Waals surface area contributed by atoms with Crippen LogP contribution in [-0.2, 0) is 15.0 Å². The van der Waals surface area contributed by atoms with E-state index in [-0.39, 0.29) is 23.5 Å². The first kappa shape index (κ1) is 15.6. The minimum Gasteiger partial charge on any atom is -0.495 e. The highest BCUT2D eigenvalue weighted by Crippen LogP contribution is 2.40. The Kier molecular flexibility index (Phi) is 4.10. The molecule has 0 N–H and O–H groups in total. The lowest BCUT2D eigenvalue weighted by Crippen LogP contribution is -2.31. The number of halogens is 1. The molecular formula is C16H18ClNO3. The molecule has 0 unspecified atom stereocenters. The van der Waals surface area contributed by atoms with Crippen LogP contribution in [0.5, 0.6) is 5.75 Å². The number of rotatable bonds is 2. The van der Waals surface area contributed by atoms with Crippen LogP contribution in [0.4, 0.5) is 5.69 Å². The van der Waals surface area contributed by atoms with Crippen LogP contribution >= 0.6 is 11.6 Å². The van der Waals surface area contributed by atoms with Crippen LogP contribution in [-0.4, -0.2) is 18.8 Å². The number of hydrogen-bond acceptors (Lipinski definition) is 3. The van der Waals surface area contributed by atoms with E-state index in [0.29, 0.717) is 16.5 Å². The maximum Gasteiger partial charge on any atom is 0.238 e. The highest BCUT2D eigenvalue weighted by Gasteiger charge is 2.26. The smallest absolute Gasteiger partial charge is 0.238 e. The van der Waals surface area contributed by atoms with Crippen molar-refractivity contribution >= 4 is 29.0 Å². The molecule has 0 saturated carbocycles. The molecule has 112 valence electrons. The van der Waals surface area contributed by atoms with Gasteiger partial charge in [0.1, 0.15) is 5.75 Å². The molecule has 4 nitrogen and oxygen atoms in total. The Bertz CT molecular complexity index is 629. The fraction of sp³-hybridized carbons (Fsp3) is 0.375. The molecule has 5 heteroatoms. The van der Waals surface area contributed by atoms with E-state index in [9.17, 15) is 9.59 Å². The van der Waals surface area contributed by atoms with Gasteiger partial charge in [-0.3, -0.25) is 14.5 Å². The van der Waals surface area contributed by atoms with Crippen molar-refractivity contribution in [1.29, 1.82) is 0 Å². The lowest BCUT2D eigenvalue weighted by Gasteiger charge is -2.27. The highest BCUT2D eigenvalue weighted by molar-refractivity contribution is 6.32. The largest absolute Gasteiger partial charge is 0.495 e. The van der Waals surface area contributed by atoms with Crippen molar-refractivity contribution in [2.24, 2.45) is 0 Å². The van der Waals surface area contributed by atoms with Crippen LogP contribution in [0, 0.1) is 0 Å². The van der Waals surface area contributed by atoms with Gasteiger partial charge in [0.15, 0.2) is 5.78 Å². The number of hydrogen-bond donors (Lipinski definition) is 0. The van der Waals surface area contributed by atoms with E-state index in [1.807, 2.05) is 26.8 Å². The number of carbonyl (C=O) groups is 2. The predicted octanol–water partition coefficient (Wildman–Crippen LogP) is 3.47. The molecule has 0 saturated heterocycles. The van der Waals surface area contributed by atoms with Crippen LogP contribution in [0.15, 0.2) is 24.4 Å². The summed E-state index contributed by atoms with van der Waals surface area (Å²) in [4.78, 5) is 24.7. The molecule has 0 aliphatic carbocycles. The van der Waals surface area contributed by atoms with Gasteiger partial charge < -0.3 is 4.74 Å². The number of nitrogens with zero attached hydrogens (tertiary/aromatic N) is 1. The van der Waals surface area contributed by atoms with Crippen LogP contribution < -0.4 is 9.64 Å². The summed E-state index contributed by atoms with van der Waals surface area (Å²) in [5.74, 6) is 0.160. The molecule has 1 aliphatic rings. The Balaban J connectivity index is 2.56. The number of anilines is 1. The van der Waals surface area contributed by atoms with E-state index in [2.05, 4.69) is 0 Å². The zero-order valence-corrected chi connectivity index (χ0v) is 13.3. The fourth-order valence-corrected chi connectivity index (χ4v) is 2.54. The standard InChI is InChI=1S/C16H18ClNO3/c1-16(2,3)12-7-10(8-13(17)15(12)21-4)18-6-5-11(19)9-14(18)20/h5-8H,9H2,1-4H3. The summed E-state index contributed by atoms with van der Waals surface area (Å²) in [6.07, 6.45) is 2.76. The molecule has 1 aromatic rings. The zero-order chi connectivity index (χ0) is 15.8. The molecule has 1 heterocycles. The molecule has 1 aromatic carbocycles. The third-order valence-corrected chi connectivity index (χ3v) is 3.60. The van der Waals surface area contributed by atoms with Gasteiger partial charge in [0.2, 0.25) is 5.91 Å². The van der Waals surface area contributed by atoms with E-state index in [1.54, 1.807) is 13.2 Å². The number of benzene rings is 1. The number of ketones is 1. The molecule has 0 radical (unpaired) electrons. The van der Waals surface area contributed by atoms with Crippen molar-refractivity contribution in [2.45, 2.75) is 32.6 Å². The van der Waals surface area contributed by atoms with Crippen molar-refractivity contribution in [2.75, 3.05) is 12.0 Å². The van der Waals surface area contributed by atoms with Crippen LogP contribution in [0.25, 0.3) is 0 Å². The van der Waals surface area contributed by atoms with Gasteiger partial charge in [-0.1, -0.05) is 32.4 Å². The minimum atomic E-state index is -0.261. The maximum absolute atomic E-state index is 12.0. The first-order chi connectivity index (χ1) is 9.74. The van der Waals surface area contributed by atoms with Gasteiger partial charge in [0, 0.05) is 11.8 Å². The van der Waals surface area contributed by atoms with Crippen molar-refractivity contribution < 1.29 is 14.3 Å². The van der Waals surface area contributed by atoms with E-state index in [0.717, 1.165) is 5.56 Å². The number of methoxy groups -OCH3 is 1. The molecule has 2 rings (SSSR count). The second-order valence-corrected chi connectivity index (χ2v) is 6.39. The SMILES string of the molecule is COc1c(Cl)cc(N2C=CC(=O)CC2=O)cc1C(C)(C)C. The van der Waals surface area contributed by atoms with E-state index < -0.39 is 0 Å². The van der Waals surface area contributed by atoms with Crippen LogP contribution in [0.1, 0.15) is 32.8 Å². The van der Waals surface area contributed by atoms with Crippen LogP contribution in [0.2, 0.25) is 5.02 Å². The Hall–Kier alpha value is -1.81. The summed E-state index contributed by atoms with van der Waals surface area (Å²) in [6, 6.07) is 3.55. The Morgan fingerprint density at radius 2 is 1.90 bits per heavy atom. The van der Waals surface area contributed by atoms with E-state index >= 15 is 0 Å². The average molecular weight is 308 g/mol. The molecule has 0 fully saturated rings. The molecular weight excluding hydrogens is 290 g/mol. The maximum atomic E-state index is 12.0.